The Kier molecular flexibility index (Phi) is 5.83. The van der Waals surface area contributed by atoms with E-state index < -0.39 is 5.97 Å². The van der Waals surface area contributed by atoms with Gasteiger partial charge in [0, 0.05) is 17.5 Å². The molecule has 1 saturated carbocycles. The van der Waals surface area contributed by atoms with Gasteiger partial charge in [-0.25, -0.2) is 0 Å². The highest BCUT2D eigenvalue weighted by molar-refractivity contribution is 5.66. The number of phenols is 1. The van der Waals surface area contributed by atoms with E-state index in [2.05, 4.69) is 5.32 Å². The Morgan fingerprint density at radius 3 is 2.55 bits per heavy atom. The van der Waals surface area contributed by atoms with Crippen LogP contribution < -0.4 is 5.32 Å². The van der Waals surface area contributed by atoms with E-state index in [1.54, 1.807) is 0 Å². The number of hydrogen-bond acceptors (Lipinski definition) is 3. The van der Waals surface area contributed by atoms with E-state index in [0.717, 1.165) is 62.6 Å². The molecule has 4 nitrogen and oxygen atoms in total. The summed E-state index contributed by atoms with van der Waals surface area (Å²) in [6.07, 6.45) is 7.56. The number of carboxylic acids is 1. The lowest BCUT2D eigenvalue weighted by molar-refractivity contribution is -0.137. The summed E-state index contributed by atoms with van der Waals surface area (Å²) in [4.78, 5) is 10.4. The van der Waals surface area contributed by atoms with Gasteiger partial charge < -0.3 is 15.5 Å². The van der Waals surface area contributed by atoms with Crippen LogP contribution in [0, 0.1) is 6.92 Å². The van der Waals surface area contributed by atoms with Crippen molar-refractivity contribution in [3.05, 3.63) is 29.3 Å². The first kappa shape index (κ1) is 16.8. The molecule has 1 aromatic rings. The van der Waals surface area contributed by atoms with Gasteiger partial charge in [-0.3, -0.25) is 4.79 Å². The lowest BCUT2D eigenvalue weighted by atomic mass is 10.0. The maximum atomic E-state index is 10.4. The van der Waals surface area contributed by atoms with Gasteiger partial charge in [-0.1, -0.05) is 37.5 Å². The summed E-state index contributed by atoms with van der Waals surface area (Å²) < 4.78 is 0. The van der Waals surface area contributed by atoms with Crippen LogP contribution >= 0.6 is 0 Å². The number of nitrogens with one attached hydrogen (secondary N) is 1. The van der Waals surface area contributed by atoms with Crippen molar-refractivity contribution in [3.63, 3.8) is 0 Å². The summed E-state index contributed by atoms with van der Waals surface area (Å²) in [5, 5.41) is 22.4. The normalized spacial score (nSPS) is 15.7. The first-order chi connectivity index (χ1) is 10.6. The summed E-state index contributed by atoms with van der Waals surface area (Å²) in [5.74, 6) is -0.267. The number of unbranched alkanes of at least 4 members (excludes halogenated alkanes) is 4. The van der Waals surface area contributed by atoms with Gasteiger partial charge in [0.2, 0.25) is 0 Å². The molecule has 1 fully saturated rings. The fourth-order valence-electron chi connectivity index (χ4n) is 2.97. The molecule has 0 aliphatic heterocycles. The molecule has 4 heteroatoms. The van der Waals surface area contributed by atoms with Crippen LogP contribution in [0.5, 0.6) is 5.75 Å². The van der Waals surface area contributed by atoms with Gasteiger partial charge in [0.15, 0.2) is 0 Å². The van der Waals surface area contributed by atoms with Crippen molar-refractivity contribution in [3.8, 4) is 5.75 Å². The fourth-order valence-corrected chi connectivity index (χ4v) is 2.97. The molecule has 0 spiro atoms. The second kappa shape index (κ2) is 7.63. The standard InChI is InChI=1S/C18H27NO3/c1-14-8-7-9-15(17(14)22)18(11-12-18)19-13-6-4-2-3-5-10-16(20)21/h7-9,19,22H,2-6,10-13H2,1H3,(H,20,21). The number of benzene rings is 1. The summed E-state index contributed by atoms with van der Waals surface area (Å²) >= 11 is 0. The van der Waals surface area contributed by atoms with Crippen molar-refractivity contribution in [2.45, 2.75) is 63.8 Å². The molecule has 3 N–H and O–H groups in total. The van der Waals surface area contributed by atoms with E-state index in [4.69, 9.17) is 5.11 Å². The van der Waals surface area contributed by atoms with Gasteiger partial charge in [0.05, 0.1) is 0 Å². The van der Waals surface area contributed by atoms with Crippen molar-refractivity contribution >= 4 is 5.97 Å². The lowest BCUT2D eigenvalue weighted by Crippen LogP contribution is -2.30. The van der Waals surface area contributed by atoms with E-state index in [-0.39, 0.29) is 12.0 Å². The number of aliphatic carboxylic acids is 1. The molecule has 0 atom stereocenters. The summed E-state index contributed by atoms with van der Waals surface area (Å²) in [6, 6.07) is 5.97. The van der Waals surface area contributed by atoms with Gasteiger partial charge in [0.1, 0.15) is 5.75 Å². The number of carboxylic acid groups (broad SMARTS) is 1. The zero-order valence-electron chi connectivity index (χ0n) is 13.4. The molecule has 0 radical (unpaired) electrons. The minimum atomic E-state index is -0.699. The van der Waals surface area contributed by atoms with Crippen LogP contribution in [-0.2, 0) is 10.3 Å². The Balaban J connectivity index is 1.67. The predicted molar refractivity (Wildman–Crippen MR) is 87.1 cm³/mol. The number of aromatic hydroxyl groups is 1. The molecule has 0 heterocycles. The maximum Gasteiger partial charge on any atom is 0.303 e. The van der Waals surface area contributed by atoms with Crippen LogP contribution in [0.25, 0.3) is 0 Å². The molecule has 2 rings (SSSR count). The third kappa shape index (κ3) is 4.47. The van der Waals surface area contributed by atoms with Gasteiger partial charge in [-0.05, 0) is 44.7 Å². The number of rotatable bonds is 10. The average Bonchev–Trinajstić information content (AvgIpc) is 3.25. The fraction of sp³-hybridized carbons (Fsp3) is 0.611. The zero-order chi connectivity index (χ0) is 16.0. The molecule has 1 aliphatic rings. The molecule has 122 valence electrons. The Bertz CT molecular complexity index is 509. The quantitative estimate of drug-likeness (QED) is 0.576. The first-order valence-corrected chi connectivity index (χ1v) is 8.31. The first-order valence-electron chi connectivity index (χ1n) is 8.31. The SMILES string of the molecule is Cc1cccc(C2(NCCCCCCCC(=O)O)CC2)c1O. The van der Waals surface area contributed by atoms with Gasteiger partial charge in [-0.2, -0.15) is 0 Å². The van der Waals surface area contributed by atoms with E-state index in [1.165, 1.54) is 0 Å². The summed E-state index contributed by atoms with van der Waals surface area (Å²) in [7, 11) is 0. The molecular weight excluding hydrogens is 278 g/mol. The lowest BCUT2D eigenvalue weighted by Gasteiger charge is -2.20. The van der Waals surface area contributed by atoms with Crippen molar-refractivity contribution in [1.82, 2.24) is 5.32 Å². The van der Waals surface area contributed by atoms with Gasteiger partial charge in [-0.15, -0.1) is 0 Å². The Morgan fingerprint density at radius 2 is 1.86 bits per heavy atom. The van der Waals surface area contributed by atoms with Crippen molar-refractivity contribution in [2.75, 3.05) is 6.54 Å². The topological polar surface area (TPSA) is 69.6 Å². The van der Waals surface area contributed by atoms with E-state index >= 15 is 0 Å². The molecule has 0 aromatic heterocycles. The second-order valence-corrected chi connectivity index (χ2v) is 6.39. The van der Waals surface area contributed by atoms with Crippen molar-refractivity contribution in [1.29, 1.82) is 0 Å². The largest absolute Gasteiger partial charge is 0.507 e. The highest BCUT2D eigenvalue weighted by Crippen LogP contribution is 2.49. The van der Waals surface area contributed by atoms with Gasteiger partial charge >= 0.3 is 5.97 Å². The highest BCUT2D eigenvalue weighted by atomic mass is 16.4. The number of phenolic OH excluding ortho intramolecular Hbond substituents is 1. The number of carbonyl (C=O) groups is 1. The highest BCUT2D eigenvalue weighted by Gasteiger charge is 2.45. The smallest absolute Gasteiger partial charge is 0.303 e. The molecule has 0 unspecified atom stereocenters. The molecule has 1 aliphatic carbocycles. The van der Waals surface area contributed by atoms with Crippen LogP contribution in [-0.4, -0.2) is 22.7 Å². The summed E-state index contributed by atoms with van der Waals surface area (Å²) in [5.41, 5.74) is 1.96. The molecule has 0 saturated heterocycles. The van der Waals surface area contributed by atoms with E-state index in [0.29, 0.717) is 5.75 Å². The van der Waals surface area contributed by atoms with E-state index in [9.17, 15) is 9.90 Å². The molecule has 22 heavy (non-hydrogen) atoms. The van der Waals surface area contributed by atoms with E-state index in [1.807, 2.05) is 25.1 Å². The Hall–Kier alpha value is -1.55. The molecule has 0 bridgehead atoms. The number of para-hydroxylation sites is 1. The Labute approximate surface area is 132 Å². The maximum absolute atomic E-state index is 10.4. The average molecular weight is 305 g/mol. The van der Waals surface area contributed by atoms with Crippen molar-refractivity contribution in [2.24, 2.45) is 0 Å². The van der Waals surface area contributed by atoms with Crippen LogP contribution in [0.2, 0.25) is 0 Å². The van der Waals surface area contributed by atoms with Crippen LogP contribution in [0.15, 0.2) is 18.2 Å². The minimum Gasteiger partial charge on any atom is -0.507 e. The second-order valence-electron chi connectivity index (χ2n) is 6.39. The predicted octanol–water partition coefficient (Wildman–Crippen LogP) is 3.70. The zero-order valence-corrected chi connectivity index (χ0v) is 13.4. The monoisotopic (exact) mass is 305 g/mol. The van der Waals surface area contributed by atoms with Crippen LogP contribution in [0.4, 0.5) is 0 Å². The van der Waals surface area contributed by atoms with Gasteiger partial charge in [0.25, 0.3) is 0 Å². The number of hydrogen-bond donors (Lipinski definition) is 3. The third-order valence-corrected chi connectivity index (χ3v) is 4.53. The van der Waals surface area contributed by atoms with Crippen LogP contribution in [0.3, 0.4) is 0 Å². The van der Waals surface area contributed by atoms with Crippen molar-refractivity contribution < 1.29 is 15.0 Å². The molecule has 1 aromatic carbocycles. The van der Waals surface area contributed by atoms with Crippen LogP contribution in [0.1, 0.15) is 62.5 Å². The Morgan fingerprint density at radius 1 is 1.18 bits per heavy atom. The summed E-state index contributed by atoms with van der Waals surface area (Å²) in [6.45, 7) is 2.89. The number of aryl methyl sites for hydroxylation is 1. The molecule has 0 amide bonds. The molecular formula is C18H27NO3. The third-order valence-electron chi connectivity index (χ3n) is 4.53. The minimum absolute atomic E-state index is 0.0145.